The third-order valence-electron chi connectivity index (χ3n) is 3.59. The van der Waals surface area contributed by atoms with Gasteiger partial charge in [0.25, 0.3) is 5.91 Å². The van der Waals surface area contributed by atoms with Gasteiger partial charge in [0.1, 0.15) is 10.7 Å². The molecule has 0 spiro atoms. The lowest BCUT2D eigenvalue weighted by molar-refractivity contribution is 0.0732. The van der Waals surface area contributed by atoms with Crippen molar-refractivity contribution < 1.29 is 4.79 Å². The summed E-state index contributed by atoms with van der Waals surface area (Å²) in [5, 5.41) is 5.95. The van der Waals surface area contributed by atoms with Gasteiger partial charge in [-0.05, 0) is 48.0 Å². The molecular formula is C14H17BrClN3OS2. The van der Waals surface area contributed by atoms with Gasteiger partial charge in [0.15, 0.2) is 0 Å². The van der Waals surface area contributed by atoms with E-state index in [2.05, 4.69) is 26.2 Å². The zero-order valence-corrected chi connectivity index (χ0v) is 16.1. The summed E-state index contributed by atoms with van der Waals surface area (Å²) in [4.78, 5) is 20.2. The summed E-state index contributed by atoms with van der Waals surface area (Å²) in [6.45, 7) is 1.68. The van der Waals surface area contributed by atoms with Gasteiger partial charge in [-0.2, -0.15) is 0 Å². The van der Waals surface area contributed by atoms with Crippen LogP contribution in [0.5, 0.6) is 0 Å². The number of thiophene rings is 1. The van der Waals surface area contributed by atoms with Gasteiger partial charge in [-0.15, -0.1) is 35.1 Å². The second-order valence-electron chi connectivity index (χ2n) is 4.99. The van der Waals surface area contributed by atoms with Crippen molar-refractivity contribution in [1.29, 1.82) is 0 Å². The van der Waals surface area contributed by atoms with Crippen molar-refractivity contribution in [3.63, 3.8) is 0 Å². The smallest absolute Gasteiger partial charge is 0.273 e. The summed E-state index contributed by atoms with van der Waals surface area (Å²) in [5.41, 5.74) is 0.572. The van der Waals surface area contributed by atoms with Crippen molar-refractivity contribution >= 4 is 56.9 Å². The molecule has 1 aliphatic rings. The maximum atomic E-state index is 12.6. The molecule has 8 heteroatoms. The standard InChI is InChI=1S/C14H16BrN3OS2.ClH/c1-16-7-9-3-2-6-18(9)14(19)10-8-20-13(17-10)11-4-5-12(15)21-11;/h4-5,8-9,16H,2-3,6-7H2,1H3;1H. The van der Waals surface area contributed by atoms with Crippen LogP contribution in [-0.4, -0.2) is 42.0 Å². The first-order valence-corrected chi connectivity index (χ1v) is 9.34. The molecule has 1 saturated heterocycles. The van der Waals surface area contributed by atoms with E-state index in [1.165, 1.54) is 11.3 Å². The lowest BCUT2D eigenvalue weighted by Crippen LogP contribution is -2.40. The van der Waals surface area contributed by atoms with E-state index in [0.717, 1.165) is 39.6 Å². The van der Waals surface area contributed by atoms with Crippen molar-refractivity contribution in [3.05, 3.63) is 27.0 Å². The molecule has 1 N–H and O–H groups in total. The Kier molecular flexibility index (Phi) is 6.40. The summed E-state index contributed by atoms with van der Waals surface area (Å²) in [6.07, 6.45) is 2.15. The molecule has 1 atom stereocenters. The minimum Gasteiger partial charge on any atom is -0.333 e. The van der Waals surface area contributed by atoms with Gasteiger partial charge >= 0.3 is 0 Å². The molecule has 22 heavy (non-hydrogen) atoms. The number of carbonyl (C=O) groups is 1. The minimum atomic E-state index is 0. The Morgan fingerprint density at radius 3 is 3.05 bits per heavy atom. The van der Waals surface area contributed by atoms with E-state index in [-0.39, 0.29) is 18.3 Å². The van der Waals surface area contributed by atoms with Gasteiger partial charge in [-0.1, -0.05) is 0 Å². The zero-order chi connectivity index (χ0) is 14.8. The van der Waals surface area contributed by atoms with Crippen molar-refractivity contribution in [2.24, 2.45) is 0 Å². The molecule has 4 nitrogen and oxygen atoms in total. The van der Waals surface area contributed by atoms with Crippen LogP contribution in [0.15, 0.2) is 21.3 Å². The van der Waals surface area contributed by atoms with Crippen LogP contribution >= 0.6 is 51.0 Å². The number of amides is 1. The molecule has 2 aromatic heterocycles. The number of nitrogens with one attached hydrogen (secondary N) is 1. The van der Waals surface area contributed by atoms with E-state index >= 15 is 0 Å². The summed E-state index contributed by atoms with van der Waals surface area (Å²) in [6, 6.07) is 4.33. The predicted molar refractivity (Wildman–Crippen MR) is 98.4 cm³/mol. The SMILES string of the molecule is CNCC1CCCN1C(=O)c1csc(-c2ccc(Br)s2)n1.Cl. The first-order chi connectivity index (χ1) is 10.2. The summed E-state index contributed by atoms with van der Waals surface area (Å²) >= 11 is 6.63. The van der Waals surface area contributed by atoms with Crippen LogP contribution in [0, 0.1) is 0 Å². The average Bonchev–Trinajstić information content (AvgIpc) is 3.17. The first kappa shape index (κ1) is 17.9. The topological polar surface area (TPSA) is 45.2 Å². The molecule has 1 amide bonds. The van der Waals surface area contributed by atoms with E-state index < -0.39 is 0 Å². The van der Waals surface area contributed by atoms with Crippen LogP contribution < -0.4 is 5.32 Å². The molecule has 3 heterocycles. The molecule has 0 radical (unpaired) electrons. The molecule has 1 aliphatic heterocycles. The van der Waals surface area contributed by atoms with E-state index in [1.54, 1.807) is 11.3 Å². The largest absolute Gasteiger partial charge is 0.333 e. The molecule has 120 valence electrons. The number of likely N-dealkylation sites (tertiary alicyclic amines) is 1. The summed E-state index contributed by atoms with van der Waals surface area (Å²) in [5.74, 6) is 0.0610. The van der Waals surface area contributed by atoms with Crippen LogP contribution in [-0.2, 0) is 0 Å². The maximum Gasteiger partial charge on any atom is 0.273 e. The van der Waals surface area contributed by atoms with E-state index in [9.17, 15) is 4.79 Å². The van der Waals surface area contributed by atoms with Gasteiger partial charge in [0, 0.05) is 24.5 Å². The normalized spacial score (nSPS) is 17.5. The number of likely N-dealkylation sites (N-methyl/N-ethyl adjacent to an activating group) is 1. The predicted octanol–water partition coefficient (Wildman–Crippen LogP) is 3.88. The number of thiazole rings is 1. The molecule has 1 fully saturated rings. The second-order valence-corrected chi connectivity index (χ2v) is 8.32. The first-order valence-electron chi connectivity index (χ1n) is 6.86. The second kappa shape index (κ2) is 7.88. The van der Waals surface area contributed by atoms with Gasteiger partial charge in [0.2, 0.25) is 0 Å². The van der Waals surface area contributed by atoms with Gasteiger partial charge in [-0.25, -0.2) is 4.98 Å². The molecule has 0 bridgehead atoms. The lowest BCUT2D eigenvalue weighted by atomic mass is 10.2. The van der Waals surface area contributed by atoms with Crippen molar-refractivity contribution in [2.75, 3.05) is 20.1 Å². The fourth-order valence-electron chi connectivity index (χ4n) is 2.61. The number of halogens is 2. The number of hydrogen-bond acceptors (Lipinski definition) is 5. The van der Waals surface area contributed by atoms with E-state index in [4.69, 9.17) is 0 Å². The Hall–Kier alpha value is -0.470. The van der Waals surface area contributed by atoms with E-state index in [1.807, 2.05) is 29.5 Å². The quantitative estimate of drug-likeness (QED) is 0.813. The number of hydrogen-bond donors (Lipinski definition) is 1. The monoisotopic (exact) mass is 421 g/mol. The third-order valence-corrected chi connectivity index (χ3v) is 6.22. The molecule has 2 aromatic rings. The fraction of sp³-hybridized carbons (Fsp3) is 0.429. The Labute approximate surface area is 152 Å². The van der Waals surface area contributed by atoms with Crippen molar-refractivity contribution in [2.45, 2.75) is 18.9 Å². The van der Waals surface area contributed by atoms with Crippen molar-refractivity contribution in [3.8, 4) is 9.88 Å². The number of aromatic nitrogens is 1. The molecule has 3 rings (SSSR count). The number of rotatable bonds is 4. The highest BCUT2D eigenvalue weighted by atomic mass is 79.9. The third kappa shape index (κ3) is 3.71. The van der Waals surface area contributed by atoms with Crippen LogP contribution in [0.4, 0.5) is 0 Å². The zero-order valence-electron chi connectivity index (χ0n) is 12.0. The van der Waals surface area contributed by atoms with Crippen molar-refractivity contribution in [1.82, 2.24) is 15.2 Å². The van der Waals surface area contributed by atoms with Crippen LogP contribution in [0.3, 0.4) is 0 Å². The molecular weight excluding hydrogens is 406 g/mol. The Balaban J connectivity index is 0.00000176. The van der Waals surface area contributed by atoms with Crippen LogP contribution in [0.2, 0.25) is 0 Å². The van der Waals surface area contributed by atoms with E-state index in [0.29, 0.717) is 11.7 Å². The van der Waals surface area contributed by atoms with Gasteiger partial charge in [0.05, 0.1) is 8.66 Å². The Bertz CT molecular complexity index is 646. The van der Waals surface area contributed by atoms with Crippen LogP contribution in [0.25, 0.3) is 9.88 Å². The highest BCUT2D eigenvalue weighted by molar-refractivity contribution is 9.11. The summed E-state index contributed by atoms with van der Waals surface area (Å²) in [7, 11) is 1.93. The van der Waals surface area contributed by atoms with Gasteiger partial charge in [-0.3, -0.25) is 4.79 Å². The molecule has 0 saturated carbocycles. The molecule has 0 aromatic carbocycles. The molecule has 0 aliphatic carbocycles. The summed E-state index contributed by atoms with van der Waals surface area (Å²) < 4.78 is 1.08. The number of nitrogens with zero attached hydrogens (tertiary/aromatic N) is 2. The average molecular weight is 423 g/mol. The fourth-order valence-corrected chi connectivity index (χ4v) is 4.86. The number of carbonyl (C=O) groups excluding carboxylic acids is 1. The Morgan fingerprint density at radius 2 is 2.36 bits per heavy atom. The van der Waals surface area contributed by atoms with Gasteiger partial charge < -0.3 is 10.2 Å². The highest BCUT2D eigenvalue weighted by Gasteiger charge is 2.30. The molecule has 1 unspecified atom stereocenters. The minimum absolute atomic E-state index is 0. The Morgan fingerprint density at radius 1 is 1.55 bits per heavy atom. The highest BCUT2D eigenvalue weighted by Crippen LogP contribution is 2.33. The van der Waals surface area contributed by atoms with Crippen LogP contribution in [0.1, 0.15) is 23.3 Å². The maximum absolute atomic E-state index is 12.6. The lowest BCUT2D eigenvalue weighted by Gasteiger charge is -2.23.